The molecule has 2 heterocycles. The van der Waals surface area contributed by atoms with Crippen LogP contribution < -0.4 is 14.9 Å². The highest BCUT2D eigenvalue weighted by Crippen LogP contribution is 2.31. The summed E-state index contributed by atoms with van der Waals surface area (Å²) in [6.07, 6.45) is 1.64. The molecule has 8 nitrogen and oxygen atoms in total. The molecule has 5 rings (SSSR count). The number of hydrogen-bond acceptors (Lipinski definition) is 7. The average molecular weight is 521 g/mol. The highest BCUT2D eigenvalue weighted by Gasteiger charge is 2.13. The lowest BCUT2D eigenvalue weighted by molar-refractivity contribution is 0.284. The van der Waals surface area contributed by atoms with Gasteiger partial charge in [0.15, 0.2) is 17.1 Å². The van der Waals surface area contributed by atoms with E-state index in [1.165, 1.54) is 0 Å². The van der Waals surface area contributed by atoms with Crippen molar-refractivity contribution in [3.8, 4) is 11.5 Å². The van der Waals surface area contributed by atoms with Crippen molar-refractivity contribution < 1.29 is 9.47 Å². The summed E-state index contributed by atoms with van der Waals surface area (Å²) in [5.74, 6) is 1.41. The van der Waals surface area contributed by atoms with Gasteiger partial charge in [0.25, 0.3) is 5.95 Å². The molecule has 36 heavy (non-hydrogen) atoms. The minimum atomic E-state index is 0.213. The topological polar surface area (TPSA) is 86.5 Å². The summed E-state index contributed by atoms with van der Waals surface area (Å²) in [7, 11) is 1.57. The molecule has 0 aliphatic heterocycles. The number of hydrogen-bond donors (Lipinski definition) is 1. The Bertz CT molecular complexity index is 1560. The number of nitrogens with one attached hydrogen (secondary N) is 1. The molecule has 0 aliphatic rings. The maximum Gasteiger partial charge on any atom is 0.265 e. The Morgan fingerprint density at radius 1 is 1.00 bits per heavy atom. The minimum Gasteiger partial charge on any atom is -0.493 e. The smallest absolute Gasteiger partial charge is 0.265 e. The van der Waals surface area contributed by atoms with E-state index in [0.29, 0.717) is 33.1 Å². The Balaban J connectivity index is 1.32. The van der Waals surface area contributed by atoms with Crippen molar-refractivity contribution in [2.75, 3.05) is 12.5 Å². The summed E-state index contributed by atoms with van der Waals surface area (Å²) < 4.78 is 13.5. The largest absolute Gasteiger partial charge is 0.493 e. The zero-order valence-electron chi connectivity index (χ0n) is 19.6. The van der Waals surface area contributed by atoms with Crippen LogP contribution in [0.15, 0.2) is 65.8 Å². The molecule has 10 heteroatoms. The van der Waals surface area contributed by atoms with E-state index in [4.69, 9.17) is 32.7 Å². The van der Waals surface area contributed by atoms with E-state index in [0.717, 1.165) is 34.2 Å². The first-order valence-electron chi connectivity index (χ1n) is 11.2. The lowest BCUT2D eigenvalue weighted by Crippen LogP contribution is -2.02. The Morgan fingerprint density at radius 3 is 2.58 bits per heavy atom. The maximum absolute atomic E-state index is 6.24. The van der Waals surface area contributed by atoms with E-state index in [1.807, 2.05) is 30.3 Å². The number of para-hydroxylation sites is 1. The molecule has 0 fully saturated rings. The second-order valence-corrected chi connectivity index (χ2v) is 8.65. The van der Waals surface area contributed by atoms with Gasteiger partial charge in [0.2, 0.25) is 0 Å². The van der Waals surface area contributed by atoms with Crippen LogP contribution in [0.25, 0.3) is 22.1 Å². The number of anilines is 1. The number of nitrogens with zero attached hydrogens (tertiary/aromatic N) is 5. The zero-order valence-corrected chi connectivity index (χ0v) is 21.1. The van der Waals surface area contributed by atoms with Gasteiger partial charge >= 0.3 is 0 Å². The first kappa shape index (κ1) is 23.8. The molecule has 1 N–H and O–H groups in total. The maximum atomic E-state index is 6.24. The van der Waals surface area contributed by atoms with Gasteiger partial charge in [-0.25, -0.2) is 5.43 Å². The van der Waals surface area contributed by atoms with Crippen LogP contribution in [0.2, 0.25) is 10.0 Å². The van der Waals surface area contributed by atoms with Crippen LogP contribution in [-0.2, 0) is 13.2 Å². The molecule has 0 unspecified atom stereocenters. The number of aromatic nitrogens is 4. The van der Waals surface area contributed by atoms with Crippen molar-refractivity contribution in [2.24, 2.45) is 5.10 Å². The predicted octanol–water partition coefficient (Wildman–Crippen LogP) is 6.34. The second kappa shape index (κ2) is 10.4. The summed E-state index contributed by atoms with van der Waals surface area (Å²) in [6, 6.07) is 18.9. The third-order valence-corrected chi connectivity index (χ3v) is 6.40. The van der Waals surface area contributed by atoms with Crippen LogP contribution in [0.4, 0.5) is 5.95 Å². The number of aryl methyl sites for hydroxylation is 1. The Morgan fingerprint density at radius 2 is 1.81 bits per heavy atom. The van der Waals surface area contributed by atoms with Crippen LogP contribution >= 0.6 is 23.2 Å². The van der Waals surface area contributed by atoms with Crippen molar-refractivity contribution >= 4 is 57.4 Å². The number of rotatable bonds is 8. The van der Waals surface area contributed by atoms with E-state index >= 15 is 0 Å². The van der Waals surface area contributed by atoms with Crippen LogP contribution in [0.5, 0.6) is 11.5 Å². The molecular formula is C26H22Cl2N6O2. The molecule has 0 aliphatic carbocycles. The Kier molecular flexibility index (Phi) is 6.88. The van der Waals surface area contributed by atoms with Crippen molar-refractivity contribution in [3.63, 3.8) is 0 Å². The van der Waals surface area contributed by atoms with Gasteiger partial charge in [-0.3, -0.25) is 0 Å². The van der Waals surface area contributed by atoms with E-state index < -0.39 is 0 Å². The monoisotopic (exact) mass is 520 g/mol. The summed E-state index contributed by atoms with van der Waals surface area (Å²) in [5.41, 5.74) is 6.96. The average Bonchev–Trinajstić information content (AvgIpc) is 3.21. The number of halogens is 2. The van der Waals surface area contributed by atoms with Crippen LogP contribution in [0.3, 0.4) is 0 Å². The third-order valence-electron chi connectivity index (χ3n) is 5.69. The fourth-order valence-electron chi connectivity index (χ4n) is 3.94. The summed E-state index contributed by atoms with van der Waals surface area (Å²) >= 11 is 12.5. The van der Waals surface area contributed by atoms with Crippen molar-refractivity contribution in [3.05, 3.63) is 81.8 Å². The Hall–Kier alpha value is -3.88. The van der Waals surface area contributed by atoms with Crippen LogP contribution in [-0.4, -0.2) is 33.1 Å². The van der Waals surface area contributed by atoms with E-state index in [2.05, 4.69) is 43.3 Å². The number of hydrazone groups is 1. The number of methoxy groups -OCH3 is 1. The standard InChI is InChI=1S/C26H22Cl2N6O2/c1-3-34-21-10-5-4-7-17(21)24-25(34)30-26(33-31-24)32-29-14-16-11-12-22(23(13-16)35-2)36-15-18-19(27)8-6-9-20(18)28/h4-14H,3,15H2,1-2H3,(H,30,32,33)/b29-14+. The lowest BCUT2D eigenvalue weighted by Gasteiger charge is -2.13. The highest BCUT2D eigenvalue weighted by atomic mass is 35.5. The van der Waals surface area contributed by atoms with Gasteiger partial charge in [-0.05, 0) is 48.9 Å². The zero-order chi connectivity index (χ0) is 25.1. The van der Waals surface area contributed by atoms with Crippen molar-refractivity contribution in [1.29, 1.82) is 0 Å². The molecule has 0 bridgehead atoms. The molecular weight excluding hydrogens is 499 g/mol. The van der Waals surface area contributed by atoms with E-state index in [1.54, 1.807) is 37.6 Å². The fraction of sp³-hybridized carbons (Fsp3) is 0.154. The van der Waals surface area contributed by atoms with E-state index in [9.17, 15) is 0 Å². The summed E-state index contributed by atoms with van der Waals surface area (Å²) in [4.78, 5) is 4.63. The number of fused-ring (bicyclic) bond motifs is 3. The molecule has 182 valence electrons. The van der Waals surface area contributed by atoms with Gasteiger partial charge in [-0.15, -0.1) is 10.2 Å². The van der Waals surface area contributed by atoms with Crippen molar-refractivity contribution in [2.45, 2.75) is 20.1 Å². The van der Waals surface area contributed by atoms with Gasteiger partial charge < -0.3 is 14.0 Å². The van der Waals surface area contributed by atoms with Gasteiger partial charge in [-0.1, -0.05) is 47.5 Å². The molecule has 0 spiro atoms. The molecule has 0 saturated heterocycles. The molecule has 0 radical (unpaired) electrons. The van der Waals surface area contributed by atoms with Gasteiger partial charge in [-0.2, -0.15) is 10.1 Å². The second-order valence-electron chi connectivity index (χ2n) is 7.84. The number of ether oxygens (including phenoxy) is 2. The predicted molar refractivity (Wildman–Crippen MR) is 144 cm³/mol. The highest BCUT2D eigenvalue weighted by molar-refractivity contribution is 6.35. The third kappa shape index (κ3) is 4.65. The van der Waals surface area contributed by atoms with Gasteiger partial charge in [0, 0.05) is 27.5 Å². The summed E-state index contributed by atoms with van der Waals surface area (Å²) in [6.45, 7) is 3.05. The molecule has 0 atom stereocenters. The van der Waals surface area contributed by atoms with Gasteiger partial charge in [0.05, 0.1) is 18.8 Å². The van der Waals surface area contributed by atoms with Crippen LogP contribution in [0, 0.1) is 0 Å². The SMILES string of the molecule is CCn1c2ccccc2c2nnc(N/N=C/c3ccc(OCc4c(Cl)cccc4Cl)c(OC)c3)nc21. The normalized spacial score (nSPS) is 11.4. The summed E-state index contributed by atoms with van der Waals surface area (Å²) in [5, 5.41) is 14.9. The lowest BCUT2D eigenvalue weighted by atomic mass is 10.2. The van der Waals surface area contributed by atoms with Gasteiger partial charge in [0.1, 0.15) is 12.1 Å². The quantitative estimate of drug-likeness (QED) is 0.190. The first-order chi connectivity index (χ1) is 17.6. The molecule has 2 aromatic heterocycles. The minimum absolute atomic E-state index is 0.213. The molecule has 5 aromatic rings. The Labute approximate surface area is 217 Å². The first-order valence-corrected chi connectivity index (χ1v) is 12.0. The molecule has 0 amide bonds. The molecule has 3 aromatic carbocycles. The van der Waals surface area contributed by atoms with E-state index in [-0.39, 0.29) is 6.61 Å². The van der Waals surface area contributed by atoms with Crippen LogP contribution in [0.1, 0.15) is 18.1 Å². The van der Waals surface area contributed by atoms with Crippen molar-refractivity contribution in [1.82, 2.24) is 19.7 Å². The number of benzene rings is 3. The fourth-order valence-corrected chi connectivity index (χ4v) is 4.45. The molecule has 0 saturated carbocycles.